The number of benzene rings is 1. The Morgan fingerprint density at radius 2 is 2.15 bits per heavy atom. The molecule has 20 heavy (non-hydrogen) atoms. The van der Waals surface area contributed by atoms with Crippen molar-refractivity contribution in [3.05, 3.63) is 29.3 Å². The Morgan fingerprint density at radius 3 is 2.95 bits per heavy atom. The van der Waals surface area contributed by atoms with Gasteiger partial charge in [0, 0.05) is 31.1 Å². The second-order valence-electron chi connectivity index (χ2n) is 6.19. The number of fused-ring (bicyclic) bond motifs is 3. The van der Waals surface area contributed by atoms with Crippen molar-refractivity contribution in [3.8, 4) is 5.75 Å². The van der Waals surface area contributed by atoms with Gasteiger partial charge in [-0.2, -0.15) is 0 Å². The lowest BCUT2D eigenvalue weighted by Crippen LogP contribution is -2.28. The standard InChI is InChI=1S/C16H22N2O2/c1-10(2)9-20-12-3-4-13-14(5-12)16(19)18-7-11-6-17-8-15(11)13/h3-5,10-11,15,17H,6-9H2,1-2H3,(H,18,19). The van der Waals surface area contributed by atoms with Gasteiger partial charge in [-0.1, -0.05) is 19.9 Å². The van der Waals surface area contributed by atoms with E-state index in [2.05, 4.69) is 30.5 Å². The molecule has 4 heteroatoms. The summed E-state index contributed by atoms with van der Waals surface area (Å²) in [7, 11) is 0. The van der Waals surface area contributed by atoms with E-state index in [4.69, 9.17) is 4.74 Å². The van der Waals surface area contributed by atoms with Crippen LogP contribution in [0.2, 0.25) is 0 Å². The van der Waals surface area contributed by atoms with E-state index in [0.717, 1.165) is 36.5 Å². The highest BCUT2D eigenvalue weighted by atomic mass is 16.5. The number of carbonyl (C=O) groups excluding carboxylic acids is 1. The Balaban J connectivity index is 1.90. The van der Waals surface area contributed by atoms with Gasteiger partial charge >= 0.3 is 0 Å². The maximum atomic E-state index is 12.2. The van der Waals surface area contributed by atoms with Gasteiger partial charge in [-0.15, -0.1) is 0 Å². The second-order valence-corrected chi connectivity index (χ2v) is 6.19. The predicted molar refractivity (Wildman–Crippen MR) is 78.2 cm³/mol. The van der Waals surface area contributed by atoms with Crippen molar-refractivity contribution in [3.63, 3.8) is 0 Å². The van der Waals surface area contributed by atoms with Crippen LogP contribution in [-0.2, 0) is 0 Å². The fourth-order valence-corrected chi connectivity index (χ4v) is 3.04. The van der Waals surface area contributed by atoms with Crippen LogP contribution in [-0.4, -0.2) is 32.1 Å². The van der Waals surface area contributed by atoms with Crippen molar-refractivity contribution in [2.45, 2.75) is 19.8 Å². The third kappa shape index (κ3) is 2.52. The molecule has 2 aliphatic heterocycles. The lowest BCUT2D eigenvalue weighted by Gasteiger charge is -2.17. The summed E-state index contributed by atoms with van der Waals surface area (Å²) in [6.45, 7) is 7.60. The van der Waals surface area contributed by atoms with Gasteiger partial charge in [-0.3, -0.25) is 4.79 Å². The first kappa shape index (κ1) is 13.4. The highest BCUT2D eigenvalue weighted by Crippen LogP contribution is 2.34. The summed E-state index contributed by atoms with van der Waals surface area (Å²) in [6.07, 6.45) is 0. The van der Waals surface area contributed by atoms with Crippen LogP contribution in [0.4, 0.5) is 0 Å². The molecule has 0 aromatic heterocycles. The van der Waals surface area contributed by atoms with Crippen LogP contribution in [0.15, 0.2) is 18.2 Å². The van der Waals surface area contributed by atoms with Crippen molar-refractivity contribution in [1.29, 1.82) is 0 Å². The lowest BCUT2D eigenvalue weighted by molar-refractivity contribution is 0.0952. The highest BCUT2D eigenvalue weighted by Gasteiger charge is 2.34. The zero-order chi connectivity index (χ0) is 14.1. The van der Waals surface area contributed by atoms with Crippen LogP contribution >= 0.6 is 0 Å². The molecule has 1 aromatic carbocycles. The highest BCUT2D eigenvalue weighted by molar-refractivity contribution is 5.96. The number of ether oxygens (including phenoxy) is 1. The molecule has 2 aliphatic rings. The molecule has 2 unspecified atom stereocenters. The van der Waals surface area contributed by atoms with Crippen molar-refractivity contribution in [2.75, 3.05) is 26.2 Å². The first-order valence-electron chi connectivity index (χ1n) is 7.41. The smallest absolute Gasteiger partial charge is 0.251 e. The molecule has 0 aliphatic carbocycles. The van der Waals surface area contributed by atoms with E-state index >= 15 is 0 Å². The molecular formula is C16H22N2O2. The summed E-state index contributed by atoms with van der Waals surface area (Å²) < 4.78 is 5.74. The molecule has 108 valence electrons. The summed E-state index contributed by atoms with van der Waals surface area (Å²) in [4.78, 5) is 12.2. The van der Waals surface area contributed by atoms with Gasteiger partial charge in [0.15, 0.2) is 0 Å². The summed E-state index contributed by atoms with van der Waals surface area (Å²) in [6, 6.07) is 5.96. The zero-order valence-electron chi connectivity index (χ0n) is 12.1. The molecule has 3 rings (SSSR count). The number of amides is 1. The van der Waals surface area contributed by atoms with E-state index in [9.17, 15) is 4.79 Å². The van der Waals surface area contributed by atoms with Crippen LogP contribution in [0.5, 0.6) is 5.75 Å². The second kappa shape index (κ2) is 5.44. The normalized spacial score (nSPS) is 24.9. The molecule has 0 radical (unpaired) electrons. The molecular weight excluding hydrogens is 252 g/mol. The Hall–Kier alpha value is -1.55. The first-order chi connectivity index (χ1) is 9.65. The number of hydrogen-bond donors (Lipinski definition) is 2. The summed E-state index contributed by atoms with van der Waals surface area (Å²) in [5.41, 5.74) is 1.94. The van der Waals surface area contributed by atoms with Crippen molar-refractivity contribution in [2.24, 2.45) is 11.8 Å². The fourth-order valence-electron chi connectivity index (χ4n) is 3.04. The quantitative estimate of drug-likeness (QED) is 0.883. The topological polar surface area (TPSA) is 50.4 Å². The summed E-state index contributed by atoms with van der Waals surface area (Å²) >= 11 is 0. The lowest BCUT2D eigenvalue weighted by atomic mass is 9.87. The van der Waals surface area contributed by atoms with Gasteiger partial charge < -0.3 is 15.4 Å². The SMILES string of the molecule is CC(C)COc1ccc2c(c1)C(=O)NCC1CNCC21. The third-order valence-electron chi connectivity index (χ3n) is 4.12. The van der Waals surface area contributed by atoms with E-state index in [0.29, 0.717) is 24.4 Å². The van der Waals surface area contributed by atoms with Crippen LogP contribution in [0, 0.1) is 11.8 Å². The van der Waals surface area contributed by atoms with Crippen LogP contribution in [0.3, 0.4) is 0 Å². The van der Waals surface area contributed by atoms with E-state index < -0.39 is 0 Å². The maximum absolute atomic E-state index is 12.2. The van der Waals surface area contributed by atoms with Crippen molar-refractivity contribution >= 4 is 5.91 Å². The molecule has 2 atom stereocenters. The Bertz CT molecular complexity index is 513. The molecule has 1 amide bonds. The molecule has 1 saturated heterocycles. The molecule has 0 spiro atoms. The molecule has 1 fully saturated rings. The zero-order valence-corrected chi connectivity index (χ0v) is 12.1. The van der Waals surface area contributed by atoms with Crippen LogP contribution in [0.25, 0.3) is 0 Å². The monoisotopic (exact) mass is 274 g/mol. The maximum Gasteiger partial charge on any atom is 0.251 e. The summed E-state index contributed by atoms with van der Waals surface area (Å²) in [5, 5.41) is 6.45. The predicted octanol–water partition coefficient (Wildman–Crippen LogP) is 1.77. The molecule has 0 bridgehead atoms. The van der Waals surface area contributed by atoms with Gasteiger partial charge in [0.1, 0.15) is 5.75 Å². The molecule has 0 saturated carbocycles. The molecule has 2 N–H and O–H groups in total. The van der Waals surface area contributed by atoms with E-state index in [1.165, 1.54) is 0 Å². The number of carbonyl (C=O) groups is 1. The Kier molecular flexibility index (Phi) is 3.66. The Morgan fingerprint density at radius 1 is 1.30 bits per heavy atom. The summed E-state index contributed by atoms with van der Waals surface area (Å²) in [5.74, 6) is 2.23. The third-order valence-corrected chi connectivity index (χ3v) is 4.12. The Labute approximate surface area is 119 Å². The number of hydrogen-bond acceptors (Lipinski definition) is 3. The average Bonchev–Trinajstić information content (AvgIpc) is 2.86. The van der Waals surface area contributed by atoms with E-state index in [-0.39, 0.29) is 5.91 Å². The van der Waals surface area contributed by atoms with Gasteiger partial charge in [0.05, 0.1) is 6.61 Å². The van der Waals surface area contributed by atoms with Crippen LogP contribution in [0.1, 0.15) is 35.7 Å². The minimum absolute atomic E-state index is 0.0318. The van der Waals surface area contributed by atoms with Gasteiger partial charge in [-0.05, 0) is 29.5 Å². The minimum Gasteiger partial charge on any atom is -0.493 e. The van der Waals surface area contributed by atoms with E-state index in [1.54, 1.807) is 0 Å². The van der Waals surface area contributed by atoms with Gasteiger partial charge in [-0.25, -0.2) is 0 Å². The number of nitrogens with one attached hydrogen (secondary N) is 2. The van der Waals surface area contributed by atoms with Crippen molar-refractivity contribution < 1.29 is 9.53 Å². The average molecular weight is 274 g/mol. The largest absolute Gasteiger partial charge is 0.493 e. The molecule has 4 nitrogen and oxygen atoms in total. The fraction of sp³-hybridized carbons (Fsp3) is 0.562. The van der Waals surface area contributed by atoms with Gasteiger partial charge in [0.2, 0.25) is 0 Å². The number of rotatable bonds is 3. The first-order valence-corrected chi connectivity index (χ1v) is 7.41. The molecule has 1 aromatic rings. The van der Waals surface area contributed by atoms with Crippen LogP contribution < -0.4 is 15.4 Å². The van der Waals surface area contributed by atoms with Crippen molar-refractivity contribution in [1.82, 2.24) is 10.6 Å². The molecule has 2 heterocycles. The van der Waals surface area contributed by atoms with E-state index in [1.807, 2.05) is 12.1 Å². The minimum atomic E-state index is 0.0318. The van der Waals surface area contributed by atoms with Gasteiger partial charge in [0.25, 0.3) is 5.91 Å².